The van der Waals surface area contributed by atoms with E-state index in [9.17, 15) is 27.9 Å². The Labute approximate surface area is 181 Å². The van der Waals surface area contributed by atoms with Crippen LogP contribution in [-0.4, -0.2) is 40.2 Å². The summed E-state index contributed by atoms with van der Waals surface area (Å²) >= 11 is 0. The summed E-state index contributed by atoms with van der Waals surface area (Å²) in [7, 11) is 0. The highest BCUT2D eigenvalue weighted by Gasteiger charge is 2.30. The molecular weight excluding hydrogens is 427 g/mol. The summed E-state index contributed by atoms with van der Waals surface area (Å²) in [6.07, 6.45) is -4.59. The number of ether oxygens (including phenoxy) is 1. The third-order valence-electron chi connectivity index (χ3n) is 4.62. The van der Waals surface area contributed by atoms with Crippen LogP contribution in [0.4, 0.5) is 13.2 Å². The number of fused-ring (bicyclic) bond motifs is 1. The van der Waals surface area contributed by atoms with Crippen LogP contribution in [0.2, 0.25) is 0 Å². The van der Waals surface area contributed by atoms with E-state index in [-0.39, 0.29) is 36.8 Å². The number of carbonyl (C=O) groups is 1. The first-order valence-electron chi connectivity index (χ1n) is 9.95. The quantitative estimate of drug-likeness (QED) is 0.466. The van der Waals surface area contributed by atoms with Crippen molar-refractivity contribution >= 4 is 16.8 Å². The van der Waals surface area contributed by atoms with Gasteiger partial charge in [0.1, 0.15) is 24.3 Å². The van der Waals surface area contributed by atoms with E-state index in [1.165, 1.54) is 12.1 Å². The van der Waals surface area contributed by atoms with Crippen molar-refractivity contribution in [1.29, 1.82) is 0 Å². The molecule has 10 heteroatoms. The second-order valence-corrected chi connectivity index (χ2v) is 7.18. The number of aromatic nitrogens is 2. The summed E-state index contributed by atoms with van der Waals surface area (Å²) in [6, 6.07) is 11.3. The summed E-state index contributed by atoms with van der Waals surface area (Å²) in [6.45, 7) is -0.382. The maximum Gasteiger partial charge on any atom is 0.416 e. The Morgan fingerprint density at radius 1 is 1.19 bits per heavy atom. The molecule has 1 amide bonds. The fourth-order valence-corrected chi connectivity index (χ4v) is 3.00. The van der Waals surface area contributed by atoms with Crippen LogP contribution in [-0.2, 0) is 17.4 Å². The second kappa shape index (κ2) is 10.3. The summed E-state index contributed by atoms with van der Waals surface area (Å²) in [4.78, 5) is 31.1. The fourth-order valence-electron chi connectivity index (χ4n) is 3.00. The topological polar surface area (TPSA) is 104 Å². The van der Waals surface area contributed by atoms with Gasteiger partial charge in [-0.3, -0.25) is 9.59 Å². The number of nitrogens with zero attached hydrogens (tertiary/aromatic N) is 1. The highest BCUT2D eigenvalue weighted by Crippen LogP contribution is 2.31. The molecule has 0 saturated carbocycles. The van der Waals surface area contributed by atoms with E-state index in [0.29, 0.717) is 29.6 Å². The number of alkyl halides is 3. The zero-order valence-corrected chi connectivity index (χ0v) is 17.0. The van der Waals surface area contributed by atoms with E-state index < -0.39 is 17.8 Å². The van der Waals surface area contributed by atoms with E-state index in [1.807, 2.05) is 0 Å². The third kappa shape index (κ3) is 6.55. The van der Waals surface area contributed by atoms with Crippen molar-refractivity contribution in [3.05, 3.63) is 70.3 Å². The molecule has 0 aliphatic heterocycles. The Bertz CT molecular complexity index is 1130. The largest absolute Gasteiger partial charge is 0.491 e. The molecule has 0 fully saturated rings. The van der Waals surface area contributed by atoms with Crippen molar-refractivity contribution in [3.63, 3.8) is 0 Å². The molecule has 0 aliphatic carbocycles. The van der Waals surface area contributed by atoms with Gasteiger partial charge in [0.25, 0.3) is 5.56 Å². The van der Waals surface area contributed by atoms with Crippen LogP contribution in [0.5, 0.6) is 5.75 Å². The van der Waals surface area contributed by atoms with Gasteiger partial charge < -0.3 is 20.1 Å². The molecule has 0 saturated heterocycles. The van der Waals surface area contributed by atoms with Gasteiger partial charge in [-0.05, 0) is 36.8 Å². The number of H-pyrrole nitrogens is 1. The molecule has 0 bridgehead atoms. The minimum Gasteiger partial charge on any atom is -0.491 e. The van der Waals surface area contributed by atoms with Gasteiger partial charge in [0.15, 0.2) is 0 Å². The molecule has 0 spiro atoms. The number of hydrogen-bond donors (Lipinski definition) is 3. The van der Waals surface area contributed by atoms with Gasteiger partial charge in [0.05, 0.1) is 16.5 Å². The average molecular weight is 449 g/mol. The number of halogens is 3. The average Bonchev–Trinajstić information content (AvgIpc) is 2.76. The van der Waals surface area contributed by atoms with Gasteiger partial charge in [-0.15, -0.1) is 0 Å². The predicted octanol–water partition coefficient (Wildman–Crippen LogP) is 2.82. The molecule has 3 N–H and O–H groups in total. The molecular formula is C22H22F3N3O4. The summed E-state index contributed by atoms with van der Waals surface area (Å²) in [5.74, 6) is 0.143. The van der Waals surface area contributed by atoms with E-state index in [2.05, 4.69) is 15.3 Å². The first-order valence-corrected chi connectivity index (χ1v) is 9.95. The smallest absolute Gasteiger partial charge is 0.416 e. The number of carbonyl (C=O) groups excluding carboxylic acids is 1. The predicted molar refractivity (Wildman–Crippen MR) is 111 cm³/mol. The number of aliphatic hydroxyl groups is 1. The number of rotatable bonds is 9. The van der Waals surface area contributed by atoms with Crippen LogP contribution in [0, 0.1) is 0 Å². The van der Waals surface area contributed by atoms with Crippen molar-refractivity contribution in [2.75, 3.05) is 13.2 Å². The first kappa shape index (κ1) is 23.3. The normalized spacial score (nSPS) is 12.5. The number of benzene rings is 2. The molecule has 170 valence electrons. The van der Waals surface area contributed by atoms with Gasteiger partial charge in [0.2, 0.25) is 5.91 Å². The Balaban J connectivity index is 1.39. The summed E-state index contributed by atoms with van der Waals surface area (Å²) < 4.78 is 43.3. The lowest BCUT2D eigenvalue weighted by molar-refractivity contribution is -0.137. The SMILES string of the molecule is O=C(CCCc1nc2ccccc2c(=O)[nH]1)NCC(O)COc1cccc(C(F)(F)F)c1. The van der Waals surface area contributed by atoms with E-state index >= 15 is 0 Å². The number of nitrogens with one attached hydrogen (secondary N) is 2. The first-order chi connectivity index (χ1) is 15.2. The maximum atomic E-state index is 12.7. The molecule has 7 nitrogen and oxygen atoms in total. The van der Waals surface area contributed by atoms with Crippen LogP contribution >= 0.6 is 0 Å². The zero-order chi connectivity index (χ0) is 23.1. The fraction of sp³-hybridized carbons (Fsp3) is 0.318. The Hall–Kier alpha value is -3.40. The summed E-state index contributed by atoms with van der Waals surface area (Å²) in [5, 5.41) is 12.9. The number of hydrogen-bond acceptors (Lipinski definition) is 5. The molecule has 0 radical (unpaired) electrons. The lowest BCUT2D eigenvalue weighted by atomic mass is 10.2. The Morgan fingerprint density at radius 3 is 2.75 bits per heavy atom. The van der Waals surface area contributed by atoms with Crippen molar-refractivity contribution < 1.29 is 27.8 Å². The van der Waals surface area contributed by atoms with Crippen molar-refractivity contribution in [3.8, 4) is 5.75 Å². The molecule has 0 aliphatic rings. The lowest BCUT2D eigenvalue weighted by Gasteiger charge is -2.14. The monoisotopic (exact) mass is 449 g/mol. The molecule has 2 aromatic carbocycles. The van der Waals surface area contributed by atoms with Gasteiger partial charge in [-0.25, -0.2) is 4.98 Å². The second-order valence-electron chi connectivity index (χ2n) is 7.18. The highest BCUT2D eigenvalue weighted by molar-refractivity contribution is 5.77. The standard InChI is InChI=1S/C22H22F3N3O4/c23-22(24,25)14-5-3-6-16(11-14)32-13-15(29)12-26-20(30)10-4-9-19-27-18-8-2-1-7-17(18)21(31)28-19/h1-3,5-8,11,15,29H,4,9-10,12-13H2,(H,26,30)(H,27,28,31). The molecule has 1 unspecified atom stereocenters. The number of amides is 1. The molecule has 32 heavy (non-hydrogen) atoms. The molecule has 3 rings (SSSR count). The van der Waals surface area contributed by atoms with E-state index in [4.69, 9.17) is 4.74 Å². The Kier molecular flexibility index (Phi) is 7.47. The van der Waals surface area contributed by atoms with Crippen LogP contribution in [0.1, 0.15) is 24.2 Å². The van der Waals surface area contributed by atoms with Crippen molar-refractivity contribution in [1.82, 2.24) is 15.3 Å². The highest BCUT2D eigenvalue weighted by atomic mass is 19.4. The van der Waals surface area contributed by atoms with Gasteiger partial charge in [-0.2, -0.15) is 13.2 Å². The number of aliphatic hydroxyl groups excluding tert-OH is 1. The van der Waals surface area contributed by atoms with Gasteiger partial charge in [0, 0.05) is 19.4 Å². The molecule has 1 heterocycles. The number of aryl methyl sites for hydroxylation is 1. The van der Waals surface area contributed by atoms with Crippen molar-refractivity contribution in [2.24, 2.45) is 0 Å². The van der Waals surface area contributed by atoms with E-state index in [1.54, 1.807) is 24.3 Å². The molecule has 1 atom stereocenters. The van der Waals surface area contributed by atoms with Crippen LogP contribution in [0.25, 0.3) is 10.9 Å². The minimum atomic E-state index is -4.48. The third-order valence-corrected chi connectivity index (χ3v) is 4.62. The van der Waals surface area contributed by atoms with Gasteiger partial charge in [-0.1, -0.05) is 18.2 Å². The minimum absolute atomic E-state index is 0.0259. The number of aromatic amines is 1. The van der Waals surface area contributed by atoms with Crippen LogP contribution < -0.4 is 15.6 Å². The van der Waals surface area contributed by atoms with Crippen LogP contribution in [0.3, 0.4) is 0 Å². The number of para-hydroxylation sites is 1. The van der Waals surface area contributed by atoms with E-state index in [0.717, 1.165) is 12.1 Å². The zero-order valence-electron chi connectivity index (χ0n) is 17.0. The lowest BCUT2D eigenvalue weighted by Crippen LogP contribution is -2.35. The Morgan fingerprint density at radius 2 is 1.97 bits per heavy atom. The van der Waals surface area contributed by atoms with Crippen LogP contribution in [0.15, 0.2) is 53.3 Å². The maximum absolute atomic E-state index is 12.7. The van der Waals surface area contributed by atoms with Crippen molar-refractivity contribution in [2.45, 2.75) is 31.5 Å². The van der Waals surface area contributed by atoms with Gasteiger partial charge >= 0.3 is 6.18 Å². The molecule has 3 aromatic rings. The molecule has 1 aromatic heterocycles. The summed E-state index contributed by atoms with van der Waals surface area (Å²) in [5.41, 5.74) is -0.501.